The predicted octanol–water partition coefficient (Wildman–Crippen LogP) is 3.84. The topological polar surface area (TPSA) is 26.0 Å². The number of rotatable bonds is 7. The van der Waals surface area contributed by atoms with Gasteiger partial charge < -0.3 is 5.73 Å². The average Bonchev–Trinajstić information content (AvgIpc) is 2.31. The van der Waals surface area contributed by atoms with Gasteiger partial charge in [0, 0.05) is 0 Å². The van der Waals surface area contributed by atoms with Crippen LogP contribution >= 0.6 is 0 Å². The van der Waals surface area contributed by atoms with Crippen LogP contribution in [0.5, 0.6) is 0 Å². The first-order valence-electron chi connectivity index (χ1n) is 6.23. The maximum atomic E-state index is 12.8. The summed E-state index contributed by atoms with van der Waals surface area (Å²) in [6, 6.07) is 6.74. The molecule has 0 fully saturated rings. The van der Waals surface area contributed by atoms with Gasteiger partial charge in [0.05, 0.1) is 0 Å². The standard InChI is InChI=1S/C14H22FN/c1-2-3-4-5-6-13(11-16)12-7-9-14(15)10-8-12/h7-10,13H,2-6,11,16H2,1H3. The van der Waals surface area contributed by atoms with Gasteiger partial charge in [-0.05, 0) is 36.6 Å². The third-order valence-electron chi connectivity index (χ3n) is 3.03. The molecule has 2 heteroatoms. The molecule has 1 aromatic rings. The second kappa shape index (κ2) is 7.39. The summed E-state index contributed by atoms with van der Waals surface area (Å²) in [5.74, 6) is 0.211. The first kappa shape index (κ1) is 13.2. The summed E-state index contributed by atoms with van der Waals surface area (Å²) in [5, 5.41) is 0. The van der Waals surface area contributed by atoms with Crippen LogP contribution < -0.4 is 5.73 Å². The highest BCUT2D eigenvalue weighted by molar-refractivity contribution is 5.20. The molecule has 0 amide bonds. The minimum atomic E-state index is -0.175. The van der Waals surface area contributed by atoms with Crippen LogP contribution in [0.4, 0.5) is 4.39 Å². The Bertz CT molecular complexity index is 281. The Kier molecular flexibility index (Phi) is 6.09. The zero-order chi connectivity index (χ0) is 11.8. The Morgan fingerprint density at radius 3 is 2.38 bits per heavy atom. The first-order valence-corrected chi connectivity index (χ1v) is 6.23. The summed E-state index contributed by atoms with van der Waals surface area (Å²) in [6.07, 6.45) is 6.15. The minimum absolute atomic E-state index is 0.175. The molecule has 0 heterocycles. The maximum Gasteiger partial charge on any atom is 0.123 e. The van der Waals surface area contributed by atoms with Crippen molar-refractivity contribution in [3.63, 3.8) is 0 Å². The number of unbranched alkanes of at least 4 members (excludes halogenated alkanes) is 3. The normalized spacial score (nSPS) is 12.7. The Balaban J connectivity index is 2.44. The lowest BCUT2D eigenvalue weighted by molar-refractivity contribution is 0.557. The third kappa shape index (κ3) is 4.31. The molecule has 1 atom stereocenters. The lowest BCUT2D eigenvalue weighted by Gasteiger charge is -2.14. The Labute approximate surface area is 97.9 Å². The van der Waals surface area contributed by atoms with Gasteiger partial charge >= 0.3 is 0 Å². The lowest BCUT2D eigenvalue weighted by atomic mass is 9.93. The van der Waals surface area contributed by atoms with E-state index in [9.17, 15) is 4.39 Å². The van der Waals surface area contributed by atoms with Crippen LogP contribution in [0.15, 0.2) is 24.3 Å². The summed E-state index contributed by atoms with van der Waals surface area (Å²) >= 11 is 0. The predicted molar refractivity (Wildman–Crippen MR) is 67.0 cm³/mol. The maximum absolute atomic E-state index is 12.8. The molecule has 0 aliphatic rings. The van der Waals surface area contributed by atoms with E-state index in [0.29, 0.717) is 12.5 Å². The van der Waals surface area contributed by atoms with Crippen LogP contribution in [0.1, 0.15) is 50.5 Å². The molecule has 0 radical (unpaired) electrons. The van der Waals surface area contributed by atoms with E-state index in [1.807, 2.05) is 12.1 Å². The summed E-state index contributed by atoms with van der Waals surface area (Å²) in [6.45, 7) is 2.86. The van der Waals surface area contributed by atoms with E-state index >= 15 is 0 Å². The summed E-state index contributed by atoms with van der Waals surface area (Å²) < 4.78 is 12.8. The fourth-order valence-corrected chi connectivity index (χ4v) is 1.97. The average molecular weight is 223 g/mol. The Morgan fingerprint density at radius 1 is 1.12 bits per heavy atom. The van der Waals surface area contributed by atoms with Crippen LogP contribution in [-0.4, -0.2) is 6.54 Å². The monoisotopic (exact) mass is 223 g/mol. The van der Waals surface area contributed by atoms with Gasteiger partial charge in [0.15, 0.2) is 0 Å². The fourth-order valence-electron chi connectivity index (χ4n) is 1.97. The van der Waals surface area contributed by atoms with E-state index in [2.05, 4.69) is 6.92 Å². The van der Waals surface area contributed by atoms with Crippen LogP contribution in [0.3, 0.4) is 0 Å². The molecule has 0 saturated heterocycles. The second-order valence-corrected chi connectivity index (χ2v) is 4.33. The Morgan fingerprint density at radius 2 is 1.81 bits per heavy atom. The quantitative estimate of drug-likeness (QED) is 0.698. The largest absolute Gasteiger partial charge is 0.330 e. The number of hydrogen-bond donors (Lipinski definition) is 1. The van der Waals surface area contributed by atoms with Crippen molar-refractivity contribution >= 4 is 0 Å². The molecular formula is C14H22FN. The van der Waals surface area contributed by atoms with Crippen LogP contribution in [0, 0.1) is 5.82 Å². The van der Waals surface area contributed by atoms with Gasteiger partial charge in [-0.15, -0.1) is 0 Å². The third-order valence-corrected chi connectivity index (χ3v) is 3.03. The van der Waals surface area contributed by atoms with Crippen molar-refractivity contribution in [2.75, 3.05) is 6.54 Å². The van der Waals surface area contributed by atoms with Gasteiger partial charge in [-0.1, -0.05) is 44.7 Å². The lowest BCUT2D eigenvalue weighted by Crippen LogP contribution is -2.12. The molecule has 1 aromatic carbocycles. The summed E-state index contributed by atoms with van der Waals surface area (Å²) in [4.78, 5) is 0. The number of benzene rings is 1. The van der Waals surface area contributed by atoms with Gasteiger partial charge in [-0.2, -0.15) is 0 Å². The molecule has 1 unspecified atom stereocenters. The van der Waals surface area contributed by atoms with Crippen molar-refractivity contribution in [1.29, 1.82) is 0 Å². The zero-order valence-electron chi connectivity index (χ0n) is 10.1. The van der Waals surface area contributed by atoms with Gasteiger partial charge in [0.25, 0.3) is 0 Å². The van der Waals surface area contributed by atoms with Crippen LogP contribution in [-0.2, 0) is 0 Å². The van der Waals surface area contributed by atoms with Crippen molar-refractivity contribution in [2.24, 2.45) is 5.73 Å². The van der Waals surface area contributed by atoms with Crippen molar-refractivity contribution in [3.8, 4) is 0 Å². The molecule has 2 N–H and O–H groups in total. The highest BCUT2D eigenvalue weighted by atomic mass is 19.1. The van der Waals surface area contributed by atoms with E-state index in [4.69, 9.17) is 5.73 Å². The van der Waals surface area contributed by atoms with Crippen molar-refractivity contribution < 1.29 is 4.39 Å². The first-order chi connectivity index (χ1) is 7.77. The van der Waals surface area contributed by atoms with Crippen molar-refractivity contribution in [3.05, 3.63) is 35.6 Å². The second-order valence-electron chi connectivity index (χ2n) is 4.33. The molecule has 90 valence electrons. The fraction of sp³-hybridized carbons (Fsp3) is 0.571. The van der Waals surface area contributed by atoms with E-state index in [-0.39, 0.29) is 5.82 Å². The molecule has 0 aliphatic carbocycles. The summed E-state index contributed by atoms with van der Waals surface area (Å²) in [5.41, 5.74) is 6.93. The molecule has 16 heavy (non-hydrogen) atoms. The number of hydrogen-bond acceptors (Lipinski definition) is 1. The zero-order valence-corrected chi connectivity index (χ0v) is 10.1. The van der Waals surface area contributed by atoms with Crippen molar-refractivity contribution in [1.82, 2.24) is 0 Å². The molecule has 0 bridgehead atoms. The minimum Gasteiger partial charge on any atom is -0.330 e. The molecule has 0 aromatic heterocycles. The highest BCUT2D eigenvalue weighted by Crippen LogP contribution is 2.21. The number of halogens is 1. The van der Waals surface area contributed by atoms with Gasteiger partial charge in [-0.3, -0.25) is 0 Å². The summed E-state index contributed by atoms with van der Waals surface area (Å²) in [7, 11) is 0. The van der Waals surface area contributed by atoms with E-state index in [1.54, 1.807) is 0 Å². The molecule has 1 rings (SSSR count). The Hall–Kier alpha value is -0.890. The molecule has 0 saturated carbocycles. The molecular weight excluding hydrogens is 201 g/mol. The SMILES string of the molecule is CCCCCCC(CN)c1ccc(F)cc1. The van der Waals surface area contributed by atoms with E-state index in [1.165, 1.54) is 43.4 Å². The van der Waals surface area contributed by atoms with E-state index in [0.717, 1.165) is 6.42 Å². The van der Waals surface area contributed by atoms with Crippen LogP contribution in [0.25, 0.3) is 0 Å². The van der Waals surface area contributed by atoms with Gasteiger partial charge in [0.2, 0.25) is 0 Å². The van der Waals surface area contributed by atoms with Gasteiger partial charge in [0.1, 0.15) is 5.82 Å². The molecule has 0 aliphatic heterocycles. The molecule has 0 spiro atoms. The van der Waals surface area contributed by atoms with E-state index < -0.39 is 0 Å². The van der Waals surface area contributed by atoms with Crippen LogP contribution in [0.2, 0.25) is 0 Å². The highest BCUT2D eigenvalue weighted by Gasteiger charge is 2.08. The number of nitrogens with two attached hydrogens (primary N) is 1. The molecule has 1 nitrogen and oxygen atoms in total. The smallest absolute Gasteiger partial charge is 0.123 e. The van der Waals surface area contributed by atoms with Gasteiger partial charge in [-0.25, -0.2) is 4.39 Å². The van der Waals surface area contributed by atoms with Crippen molar-refractivity contribution in [2.45, 2.75) is 44.9 Å².